The van der Waals surface area contributed by atoms with Crippen LogP contribution in [0.4, 0.5) is 0 Å². The monoisotopic (exact) mass is 470 g/mol. The molecular formula is C26H30O6S. The van der Waals surface area contributed by atoms with Gasteiger partial charge >= 0.3 is 11.9 Å². The zero-order chi connectivity index (χ0) is 24.8. The van der Waals surface area contributed by atoms with Crippen LogP contribution in [0.15, 0.2) is 58.3 Å². The number of carbonyl (C=O) groups excluding carboxylic acids is 3. The zero-order valence-electron chi connectivity index (χ0n) is 19.6. The highest BCUT2D eigenvalue weighted by atomic mass is 32.2. The zero-order valence-corrected chi connectivity index (χ0v) is 20.4. The number of ether oxygens (including phenoxy) is 1. The quantitative estimate of drug-likeness (QED) is 0.362. The van der Waals surface area contributed by atoms with Crippen LogP contribution < -0.4 is 0 Å². The Bertz CT molecular complexity index is 1020. The van der Waals surface area contributed by atoms with Crippen molar-refractivity contribution >= 4 is 35.3 Å². The molecular weight excluding hydrogens is 440 g/mol. The first-order chi connectivity index (χ1) is 15.6. The van der Waals surface area contributed by atoms with Crippen molar-refractivity contribution in [3.8, 4) is 0 Å². The third-order valence-corrected chi connectivity index (χ3v) is 7.00. The number of aryl methyl sites for hydroxylation is 1. The van der Waals surface area contributed by atoms with Gasteiger partial charge in [0.05, 0.1) is 6.61 Å². The number of ketones is 2. The summed E-state index contributed by atoms with van der Waals surface area (Å²) in [6, 6.07) is 14.8. The fourth-order valence-corrected chi connectivity index (χ4v) is 5.19. The van der Waals surface area contributed by atoms with E-state index in [1.807, 2.05) is 31.2 Å². The Morgan fingerprint density at radius 2 is 1.61 bits per heavy atom. The molecule has 7 heteroatoms. The molecule has 0 aliphatic carbocycles. The van der Waals surface area contributed by atoms with Gasteiger partial charge < -0.3 is 9.84 Å². The summed E-state index contributed by atoms with van der Waals surface area (Å²) in [5.41, 5.74) is -0.276. The lowest BCUT2D eigenvalue weighted by atomic mass is 9.62. The summed E-state index contributed by atoms with van der Waals surface area (Å²) in [5, 5.41) is 10.0. The van der Waals surface area contributed by atoms with E-state index in [0.717, 1.165) is 10.5 Å². The van der Waals surface area contributed by atoms with Crippen LogP contribution in [0.2, 0.25) is 0 Å². The van der Waals surface area contributed by atoms with Gasteiger partial charge in [0.2, 0.25) is 0 Å². The first-order valence-corrected chi connectivity index (χ1v) is 11.7. The molecule has 3 unspecified atom stereocenters. The lowest BCUT2D eigenvalue weighted by Gasteiger charge is -2.39. The number of aliphatic carboxylic acids is 1. The minimum atomic E-state index is -1.82. The van der Waals surface area contributed by atoms with Crippen molar-refractivity contribution in [1.29, 1.82) is 0 Å². The van der Waals surface area contributed by atoms with E-state index in [2.05, 4.69) is 0 Å². The summed E-state index contributed by atoms with van der Waals surface area (Å²) < 4.78 is 5.27. The fourth-order valence-electron chi connectivity index (χ4n) is 4.21. The van der Waals surface area contributed by atoms with Crippen LogP contribution in [0.1, 0.15) is 51.2 Å². The fraction of sp³-hybridized carbons (Fsp3) is 0.385. The molecule has 2 rings (SSSR count). The number of rotatable bonds is 11. The third-order valence-electron chi connectivity index (χ3n) is 5.90. The molecule has 1 N–H and O–H groups in total. The standard InChI is InChI=1S/C26H30O6S/c1-6-26(18(5)28,25(31)32-7-2)23(22(17(4)27)24(29)30)20-10-8-9-11-21(20)33-19-14-12-16(3)13-15-19/h8-15,22-23H,6-7H2,1-5H3,(H,29,30). The lowest BCUT2D eigenvalue weighted by Crippen LogP contribution is -2.49. The number of carboxylic acid groups (broad SMARTS) is 1. The van der Waals surface area contributed by atoms with E-state index in [1.165, 1.54) is 25.6 Å². The maximum Gasteiger partial charge on any atom is 0.320 e. The van der Waals surface area contributed by atoms with Gasteiger partial charge in [-0.25, -0.2) is 0 Å². The molecule has 3 atom stereocenters. The number of hydrogen-bond donors (Lipinski definition) is 1. The van der Waals surface area contributed by atoms with Gasteiger partial charge in [0.25, 0.3) is 0 Å². The Balaban J connectivity index is 2.83. The van der Waals surface area contributed by atoms with Gasteiger partial charge in [0, 0.05) is 15.7 Å². The first kappa shape index (κ1) is 26.3. The second-order valence-electron chi connectivity index (χ2n) is 7.96. The van der Waals surface area contributed by atoms with E-state index < -0.39 is 40.8 Å². The Morgan fingerprint density at radius 1 is 1.00 bits per heavy atom. The highest BCUT2D eigenvalue weighted by molar-refractivity contribution is 7.99. The highest BCUT2D eigenvalue weighted by Gasteiger charge is 2.56. The maximum absolute atomic E-state index is 13.3. The van der Waals surface area contributed by atoms with Gasteiger partial charge in [-0.15, -0.1) is 0 Å². The van der Waals surface area contributed by atoms with Crippen LogP contribution in [-0.2, 0) is 23.9 Å². The molecule has 0 fully saturated rings. The molecule has 0 aromatic heterocycles. The molecule has 176 valence electrons. The summed E-state index contributed by atoms with van der Waals surface area (Å²) in [5.74, 6) is -6.19. The van der Waals surface area contributed by atoms with Crippen molar-refractivity contribution in [2.75, 3.05) is 6.61 Å². The highest BCUT2D eigenvalue weighted by Crippen LogP contribution is 2.49. The number of Topliss-reactive ketones (excluding diaryl/α,β-unsaturated/α-hetero) is 2. The van der Waals surface area contributed by atoms with Crippen molar-refractivity contribution in [3.05, 3.63) is 59.7 Å². The van der Waals surface area contributed by atoms with Gasteiger partial charge in [-0.1, -0.05) is 54.6 Å². The second kappa shape index (κ2) is 11.3. The second-order valence-corrected chi connectivity index (χ2v) is 9.07. The van der Waals surface area contributed by atoms with Crippen molar-refractivity contribution in [3.63, 3.8) is 0 Å². The van der Waals surface area contributed by atoms with E-state index in [9.17, 15) is 24.3 Å². The van der Waals surface area contributed by atoms with Crippen LogP contribution in [-0.4, -0.2) is 35.2 Å². The summed E-state index contributed by atoms with van der Waals surface area (Å²) in [7, 11) is 0. The summed E-state index contributed by atoms with van der Waals surface area (Å²) in [4.78, 5) is 52.9. The molecule has 0 radical (unpaired) electrons. The summed E-state index contributed by atoms with van der Waals surface area (Å²) in [6.07, 6.45) is -0.00751. The van der Waals surface area contributed by atoms with Gasteiger partial charge in [-0.2, -0.15) is 0 Å². The van der Waals surface area contributed by atoms with Gasteiger partial charge in [-0.3, -0.25) is 19.2 Å². The normalized spacial score (nSPS) is 14.6. The van der Waals surface area contributed by atoms with E-state index in [-0.39, 0.29) is 13.0 Å². The molecule has 2 aromatic rings. The largest absolute Gasteiger partial charge is 0.481 e. The number of benzene rings is 2. The maximum atomic E-state index is 13.3. The molecule has 0 heterocycles. The van der Waals surface area contributed by atoms with Gasteiger partial charge in [0.15, 0.2) is 0 Å². The molecule has 0 amide bonds. The van der Waals surface area contributed by atoms with Crippen LogP contribution in [0, 0.1) is 18.3 Å². The Hall–Kier alpha value is -2.93. The predicted molar refractivity (Wildman–Crippen MR) is 126 cm³/mol. The van der Waals surface area contributed by atoms with Crippen molar-refractivity contribution in [2.45, 2.75) is 56.7 Å². The van der Waals surface area contributed by atoms with E-state index in [4.69, 9.17) is 4.74 Å². The topological polar surface area (TPSA) is 97.7 Å². The van der Waals surface area contributed by atoms with E-state index in [0.29, 0.717) is 10.5 Å². The van der Waals surface area contributed by atoms with E-state index >= 15 is 0 Å². The Morgan fingerprint density at radius 3 is 2.09 bits per heavy atom. The van der Waals surface area contributed by atoms with Crippen LogP contribution in [0.25, 0.3) is 0 Å². The summed E-state index contributed by atoms with van der Waals surface area (Å²) in [6.45, 7) is 7.69. The van der Waals surface area contributed by atoms with E-state index in [1.54, 1.807) is 38.1 Å². The molecule has 0 aliphatic rings. The first-order valence-electron chi connectivity index (χ1n) is 10.8. The average Bonchev–Trinajstić information content (AvgIpc) is 2.75. The van der Waals surface area contributed by atoms with Crippen molar-refractivity contribution < 1.29 is 29.0 Å². The molecule has 2 aromatic carbocycles. The number of hydrogen-bond acceptors (Lipinski definition) is 6. The molecule has 0 saturated carbocycles. The molecule has 0 saturated heterocycles. The number of esters is 1. The average molecular weight is 471 g/mol. The summed E-state index contributed by atoms with van der Waals surface area (Å²) >= 11 is 1.39. The lowest BCUT2D eigenvalue weighted by molar-refractivity contribution is -0.164. The number of carbonyl (C=O) groups is 4. The molecule has 33 heavy (non-hydrogen) atoms. The van der Waals surface area contributed by atoms with Crippen molar-refractivity contribution in [1.82, 2.24) is 0 Å². The Kier molecular flexibility index (Phi) is 8.99. The predicted octanol–water partition coefficient (Wildman–Crippen LogP) is 5.07. The SMILES string of the molecule is CCOC(=O)C(CC)(C(C)=O)C(c1ccccc1Sc1ccc(C)cc1)C(C(C)=O)C(=O)O. The van der Waals surface area contributed by atoms with Crippen molar-refractivity contribution in [2.24, 2.45) is 11.3 Å². The molecule has 0 spiro atoms. The molecule has 0 aliphatic heterocycles. The minimum Gasteiger partial charge on any atom is -0.481 e. The minimum absolute atomic E-state index is 0.00751. The molecule has 0 bridgehead atoms. The Labute approximate surface area is 198 Å². The molecule has 6 nitrogen and oxygen atoms in total. The van der Waals surface area contributed by atoms with Crippen LogP contribution in [0.3, 0.4) is 0 Å². The van der Waals surface area contributed by atoms with Crippen LogP contribution in [0.5, 0.6) is 0 Å². The van der Waals surface area contributed by atoms with Gasteiger partial charge in [-0.05, 0) is 57.9 Å². The third kappa shape index (κ3) is 5.53. The smallest absolute Gasteiger partial charge is 0.320 e. The van der Waals surface area contributed by atoms with Gasteiger partial charge in [0.1, 0.15) is 22.9 Å². The van der Waals surface area contributed by atoms with Crippen LogP contribution >= 0.6 is 11.8 Å². The number of carboxylic acids is 1.